The maximum atomic E-state index is 10.8. The van der Waals surface area contributed by atoms with Gasteiger partial charge in [0.1, 0.15) is 0 Å². The molecule has 5 heteroatoms. The lowest BCUT2D eigenvalue weighted by Crippen LogP contribution is -2.31. The minimum absolute atomic E-state index is 0.0575. The molecular weight excluding hydrogens is 218 g/mol. The van der Waals surface area contributed by atoms with Crippen LogP contribution in [0.4, 0.5) is 5.69 Å². The lowest BCUT2D eigenvalue weighted by Gasteiger charge is -2.29. The number of hydrogen-bond donors (Lipinski definition) is 2. The van der Waals surface area contributed by atoms with Gasteiger partial charge in [-0.05, 0) is 44.0 Å². The molecule has 1 unspecified atom stereocenters. The van der Waals surface area contributed by atoms with Gasteiger partial charge in [0.25, 0.3) is 0 Å². The van der Waals surface area contributed by atoms with Crippen LogP contribution in [0.15, 0.2) is 12.3 Å². The zero-order valence-corrected chi connectivity index (χ0v) is 9.89. The summed E-state index contributed by atoms with van der Waals surface area (Å²) < 4.78 is 0. The van der Waals surface area contributed by atoms with Crippen LogP contribution in [0, 0.1) is 0 Å². The SMILES string of the molecule is CN1CCCC(c2cnc(C(=O)O)c(N)c2)C1. The van der Waals surface area contributed by atoms with Gasteiger partial charge in [0.2, 0.25) is 0 Å². The van der Waals surface area contributed by atoms with Crippen molar-refractivity contribution in [3.63, 3.8) is 0 Å². The van der Waals surface area contributed by atoms with Gasteiger partial charge in [-0.25, -0.2) is 9.78 Å². The molecule has 1 saturated heterocycles. The molecule has 0 saturated carbocycles. The molecule has 1 aliphatic rings. The number of hydrogen-bond acceptors (Lipinski definition) is 4. The van der Waals surface area contributed by atoms with E-state index in [-0.39, 0.29) is 11.4 Å². The summed E-state index contributed by atoms with van der Waals surface area (Å²) in [6.07, 6.45) is 3.91. The van der Waals surface area contributed by atoms with Gasteiger partial charge in [-0.2, -0.15) is 0 Å². The Bertz CT molecular complexity index is 434. The van der Waals surface area contributed by atoms with Crippen molar-refractivity contribution in [2.24, 2.45) is 0 Å². The highest BCUT2D eigenvalue weighted by Crippen LogP contribution is 2.27. The van der Waals surface area contributed by atoms with Gasteiger partial charge in [-0.3, -0.25) is 0 Å². The van der Waals surface area contributed by atoms with Gasteiger partial charge in [0.15, 0.2) is 5.69 Å². The lowest BCUT2D eigenvalue weighted by molar-refractivity contribution is 0.0691. The minimum Gasteiger partial charge on any atom is -0.476 e. The van der Waals surface area contributed by atoms with Crippen LogP contribution < -0.4 is 5.73 Å². The second-order valence-electron chi connectivity index (χ2n) is 4.61. The Hall–Kier alpha value is -1.62. The van der Waals surface area contributed by atoms with Crippen molar-refractivity contribution < 1.29 is 9.90 Å². The van der Waals surface area contributed by atoms with Crippen molar-refractivity contribution >= 4 is 11.7 Å². The molecule has 1 aromatic heterocycles. The number of carbonyl (C=O) groups is 1. The number of anilines is 1. The molecule has 0 bridgehead atoms. The molecule has 1 aliphatic heterocycles. The molecule has 1 fully saturated rings. The van der Waals surface area contributed by atoms with Crippen LogP contribution >= 0.6 is 0 Å². The van der Waals surface area contributed by atoms with E-state index < -0.39 is 5.97 Å². The molecule has 92 valence electrons. The fourth-order valence-corrected chi connectivity index (χ4v) is 2.34. The van der Waals surface area contributed by atoms with Crippen LogP contribution in [0.5, 0.6) is 0 Å². The van der Waals surface area contributed by atoms with Crippen LogP contribution in [0.25, 0.3) is 0 Å². The first-order valence-corrected chi connectivity index (χ1v) is 5.75. The Kier molecular flexibility index (Phi) is 3.28. The summed E-state index contributed by atoms with van der Waals surface area (Å²) in [7, 11) is 2.09. The Labute approximate surface area is 100 Å². The third kappa shape index (κ3) is 2.55. The zero-order chi connectivity index (χ0) is 12.4. The van der Waals surface area contributed by atoms with Crippen LogP contribution in [0.1, 0.15) is 34.8 Å². The summed E-state index contributed by atoms with van der Waals surface area (Å²) in [6, 6.07) is 1.75. The number of carboxylic acids is 1. The molecule has 2 heterocycles. The highest BCUT2D eigenvalue weighted by molar-refractivity contribution is 5.91. The molecule has 17 heavy (non-hydrogen) atoms. The van der Waals surface area contributed by atoms with E-state index in [1.165, 1.54) is 0 Å². The molecule has 1 atom stereocenters. The quantitative estimate of drug-likeness (QED) is 0.804. The Morgan fingerprint density at radius 1 is 1.65 bits per heavy atom. The predicted molar refractivity (Wildman–Crippen MR) is 65.1 cm³/mol. The predicted octanol–water partition coefficient (Wildman–Crippen LogP) is 1.17. The smallest absolute Gasteiger partial charge is 0.356 e. The first kappa shape index (κ1) is 11.9. The van der Waals surface area contributed by atoms with Crippen molar-refractivity contribution in [2.75, 3.05) is 25.9 Å². The number of carboxylic acid groups (broad SMARTS) is 1. The average Bonchev–Trinajstić information content (AvgIpc) is 2.28. The number of aromatic nitrogens is 1. The van der Waals surface area contributed by atoms with E-state index in [9.17, 15) is 4.79 Å². The largest absolute Gasteiger partial charge is 0.476 e. The fourth-order valence-electron chi connectivity index (χ4n) is 2.34. The molecule has 0 spiro atoms. The monoisotopic (exact) mass is 235 g/mol. The normalized spacial score (nSPS) is 21.4. The van der Waals surface area contributed by atoms with Crippen molar-refractivity contribution in [3.05, 3.63) is 23.5 Å². The van der Waals surface area contributed by atoms with Gasteiger partial charge in [0.05, 0.1) is 5.69 Å². The van der Waals surface area contributed by atoms with Gasteiger partial charge < -0.3 is 15.7 Å². The lowest BCUT2D eigenvalue weighted by atomic mass is 9.91. The molecule has 5 nitrogen and oxygen atoms in total. The van der Waals surface area contributed by atoms with E-state index in [2.05, 4.69) is 16.9 Å². The summed E-state index contributed by atoms with van der Waals surface area (Å²) in [4.78, 5) is 17.0. The third-order valence-corrected chi connectivity index (χ3v) is 3.24. The number of piperidine rings is 1. The van der Waals surface area contributed by atoms with E-state index in [4.69, 9.17) is 10.8 Å². The summed E-state index contributed by atoms with van der Waals surface area (Å²) in [6.45, 7) is 2.10. The van der Waals surface area contributed by atoms with Crippen molar-refractivity contribution in [3.8, 4) is 0 Å². The second-order valence-corrected chi connectivity index (χ2v) is 4.61. The van der Waals surface area contributed by atoms with Crippen molar-refractivity contribution in [1.82, 2.24) is 9.88 Å². The van der Waals surface area contributed by atoms with Gasteiger partial charge >= 0.3 is 5.97 Å². The van der Waals surface area contributed by atoms with Crippen LogP contribution in [-0.2, 0) is 0 Å². The van der Waals surface area contributed by atoms with E-state index in [0.29, 0.717) is 5.92 Å². The van der Waals surface area contributed by atoms with Gasteiger partial charge in [0, 0.05) is 12.7 Å². The van der Waals surface area contributed by atoms with Crippen molar-refractivity contribution in [2.45, 2.75) is 18.8 Å². The number of nitrogens with two attached hydrogens (primary N) is 1. The molecule has 0 radical (unpaired) electrons. The number of likely N-dealkylation sites (tertiary alicyclic amines) is 1. The Morgan fingerprint density at radius 3 is 3.00 bits per heavy atom. The molecule has 0 amide bonds. The molecule has 3 N–H and O–H groups in total. The number of pyridine rings is 1. The Balaban J connectivity index is 2.22. The maximum absolute atomic E-state index is 10.8. The standard InChI is InChI=1S/C12H17N3O2/c1-15-4-2-3-8(7-15)9-5-10(13)11(12(16)17)14-6-9/h5-6,8H,2-4,7,13H2,1H3,(H,16,17). The topological polar surface area (TPSA) is 79.5 Å². The summed E-state index contributed by atoms with van der Waals surface area (Å²) in [5, 5.41) is 8.86. The summed E-state index contributed by atoms with van der Waals surface area (Å²) >= 11 is 0. The molecule has 2 rings (SSSR count). The van der Waals surface area contributed by atoms with E-state index >= 15 is 0 Å². The third-order valence-electron chi connectivity index (χ3n) is 3.24. The second kappa shape index (κ2) is 4.71. The highest BCUT2D eigenvalue weighted by Gasteiger charge is 2.20. The maximum Gasteiger partial charge on any atom is 0.356 e. The highest BCUT2D eigenvalue weighted by atomic mass is 16.4. The van der Waals surface area contributed by atoms with Crippen LogP contribution in [0.2, 0.25) is 0 Å². The van der Waals surface area contributed by atoms with E-state index in [1.807, 2.05) is 0 Å². The van der Waals surface area contributed by atoms with E-state index in [1.54, 1.807) is 12.3 Å². The zero-order valence-electron chi connectivity index (χ0n) is 9.89. The Morgan fingerprint density at radius 2 is 2.41 bits per heavy atom. The summed E-state index contributed by atoms with van der Waals surface area (Å²) in [5.41, 5.74) is 6.94. The van der Waals surface area contributed by atoms with E-state index in [0.717, 1.165) is 31.5 Å². The van der Waals surface area contributed by atoms with Gasteiger partial charge in [-0.15, -0.1) is 0 Å². The summed E-state index contributed by atoms with van der Waals surface area (Å²) in [5.74, 6) is -0.666. The molecule has 1 aromatic rings. The number of aromatic carboxylic acids is 1. The number of rotatable bonds is 2. The van der Waals surface area contributed by atoms with Crippen LogP contribution in [-0.4, -0.2) is 41.1 Å². The van der Waals surface area contributed by atoms with Crippen molar-refractivity contribution in [1.29, 1.82) is 0 Å². The number of nitrogens with zero attached hydrogens (tertiary/aromatic N) is 2. The minimum atomic E-state index is -1.07. The van der Waals surface area contributed by atoms with Crippen LogP contribution in [0.3, 0.4) is 0 Å². The number of likely N-dealkylation sites (N-methyl/N-ethyl adjacent to an activating group) is 1. The van der Waals surface area contributed by atoms with Gasteiger partial charge in [-0.1, -0.05) is 0 Å². The first-order chi connectivity index (χ1) is 8.08. The molecule has 0 aromatic carbocycles. The average molecular weight is 235 g/mol. The fraction of sp³-hybridized carbons (Fsp3) is 0.500. The molecule has 0 aliphatic carbocycles. The molecular formula is C12H17N3O2. The first-order valence-electron chi connectivity index (χ1n) is 5.75. The number of nitrogen functional groups attached to an aromatic ring is 1.